The molecule has 0 aliphatic rings. The molecule has 1 aromatic heterocycles. The van der Waals surface area contributed by atoms with Gasteiger partial charge in [0.15, 0.2) is 0 Å². The van der Waals surface area contributed by atoms with Gasteiger partial charge in [0, 0.05) is 10.5 Å². The summed E-state index contributed by atoms with van der Waals surface area (Å²) < 4.78 is 4.75. The summed E-state index contributed by atoms with van der Waals surface area (Å²) in [6.45, 7) is -0.205. The molecule has 0 radical (unpaired) electrons. The number of aliphatic hydroxyl groups is 1. The molecular formula is C6H7N3O2. The lowest BCUT2D eigenvalue weighted by atomic mass is 10.2. The molecule has 11 heavy (non-hydrogen) atoms. The molecule has 1 atom stereocenters. The summed E-state index contributed by atoms with van der Waals surface area (Å²) in [5.74, 6) is 0. The first kappa shape index (κ1) is 7.65. The Bertz CT molecular complexity index is 251. The second-order valence-electron chi connectivity index (χ2n) is 1.96. The predicted molar refractivity (Wildman–Crippen MR) is 37.7 cm³/mol. The number of azide groups is 1. The first-order valence-electron chi connectivity index (χ1n) is 3.05. The van der Waals surface area contributed by atoms with E-state index in [4.69, 9.17) is 15.1 Å². The fourth-order valence-corrected chi connectivity index (χ4v) is 0.736. The van der Waals surface area contributed by atoms with E-state index in [1.165, 1.54) is 12.5 Å². The molecule has 58 valence electrons. The van der Waals surface area contributed by atoms with E-state index in [0.717, 1.165) is 0 Å². The van der Waals surface area contributed by atoms with Crippen LogP contribution in [0.15, 0.2) is 28.1 Å². The highest BCUT2D eigenvalue weighted by Crippen LogP contribution is 2.16. The number of rotatable bonds is 3. The monoisotopic (exact) mass is 153 g/mol. The minimum atomic E-state index is -0.529. The van der Waals surface area contributed by atoms with Gasteiger partial charge in [-0.25, -0.2) is 0 Å². The van der Waals surface area contributed by atoms with Crippen LogP contribution in [0, 0.1) is 0 Å². The van der Waals surface area contributed by atoms with Gasteiger partial charge in [0.05, 0.1) is 25.2 Å². The molecule has 1 rings (SSSR count). The van der Waals surface area contributed by atoms with E-state index in [0.29, 0.717) is 5.56 Å². The highest BCUT2D eigenvalue weighted by molar-refractivity contribution is 5.11. The molecule has 1 unspecified atom stereocenters. The van der Waals surface area contributed by atoms with Crippen molar-refractivity contribution < 1.29 is 9.52 Å². The minimum absolute atomic E-state index is 0.205. The SMILES string of the molecule is [N-]=[N+]=NC(CO)c1ccoc1. The molecule has 0 amide bonds. The normalized spacial score (nSPS) is 12.1. The minimum Gasteiger partial charge on any atom is -0.472 e. The van der Waals surface area contributed by atoms with Crippen LogP contribution in [0.4, 0.5) is 0 Å². The maximum Gasteiger partial charge on any atom is 0.0939 e. The summed E-state index contributed by atoms with van der Waals surface area (Å²) in [5, 5.41) is 12.1. The fraction of sp³-hybridized carbons (Fsp3) is 0.333. The van der Waals surface area contributed by atoms with Crippen molar-refractivity contribution in [2.75, 3.05) is 6.61 Å². The van der Waals surface area contributed by atoms with Crippen molar-refractivity contribution in [1.82, 2.24) is 0 Å². The lowest BCUT2D eigenvalue weighted by Gasteiger charge is -2.01. The van der Waals surface area contributed by atoms with E-state index in [2.05, 4.69) is 10.0 Å². The Kier molecular flexibility index (Phi) is 2.54. The molecule has 0 saturated carbocycles. The topological polar surface area (TPSA) is 82.1 Å². The second kappa shape index (κ2) is 3.65. The zero-order chi connectivity index (χ0) is 8.10. The van der Waals surface area contributed by atoms with Gasteiger partial charge in [-0.1, -0.05) is 5.11 Å². The van der Waals surface area contributed by atoms with Gasteiger partial charge < -0.3 is 9.52 Å². The van der Waals surface area contributed by atoms with Gasteiger partial charge in [0.1, 0.15) is 0 Å². The van der Waals surface area contributed by atoms with E-state index in [1.807, 2.05) is 0 Å². The lowest BCUT2D eigenvalue weighted by molar-refractivity contribution is 0.267. The Labute approximate surface area is 62.9 Å². The standard InChI is InChI=1S/C6H7N3O2/c7-9-8-6(3-10)5-1-2-11-4-5/h1-2,4,6,10H,3H2. The van der Waals surface area contributed by atoms with Crippen molar-refractivity contribution in [1.29, 1.82) is 0 Å². The third-order valence-corrected chi connectivity index (χ3v) is 1.29. The van der Waals surface area contributed by atoms with E-state index < -0.39 is 6.04 Å². The van der Waals surface area contributed by atoms with Gasteiger partial charge in [-0.3, -0.25) is 0 Å². The zero-order valence-corrected chi connectivity index (χ0v) is 5.71. The molecule has 0 aromatic carbocycles. The maximum atomic E-state index is 8.72. The van der Waals surface area contributed by atoms with Crippen LogP contribution in [0.2, 0.25) is 0 Å². The highest BCUT2D eigenvalue weighted by atomic mass is 16.3. The molecule has 5 nitrogen and oxygen atoms in total. The summed E-state index contributed by atoms with van der Waals surface area (Å²) in [7, 11) is 0. The van der Waals surface area contributed by atoms with E-state index in [-0.39, 0.29) is 6.61 Å². The van der Waals surface area contributed by atoms with E-state index >= 15 is 0 Å². The molecule has 0 bridgehead atoms. The summed E-state index contributed by atoms with van der Waals surface area (Å²) in [4.78, 5) is 2.59. The van der Waals surface area contributed by atoms with Gasteiger partial charge in [-0.2, -0.15) is 0 Å². The van der Waals surface area contributed by atoms with Crippen LogP contribution in [-0.4, -0.2) is 11.7 Å². The van der Waals surface area contributed by atoms with Crippen molar-refractivity contribution in [3.05, 3.63) is 34.6 Å². The number of aliphatic hydroxyl groups excluding tert-OH is 1. The number of nitrogens with zero attached hydrogens (tertiary/aromatic N) is 3. The van der Waals surface area contributed by atoms with Crippen LogP contribution < -0.4 is 0 Å². The Hall–Kier alpha value is -1.45. The first-order valence-corrected chi connectivity index (χ1v) is 3.05. The molecular weight excluding hydrogens is 146 g/mol. The number of hydrogen-bond acceptors (Lipinski definition) is 3. The average molecular weight is 153 g/mol. The molecule has 1 aromatic rings. The van der Waals surface area contributed by atoms with E-state index in [1.54, 1.807) is 6.07 Å². The Balaban J connectivity index is 2.79. The van der Waals surface area contributed by atoms with Gasteiger partial charge in [0.2, 0.25) is 0 Å². The van der Waals surface area contributed by atoms with Crippen LogP contribution in [0.3, 0.4) is 0 Å². The van der Waals surface area contributed by atoms with Crippen LogP contribution in [0.25, 0.3) is 10.4 Å². The smallest absolute Gasteiger partial charge is 0.0939 e. The highest BCUT2D eigenvalue weighted by Gasteiger charge is 2.07. The summed E-state index contributed by atoms with van der Waals surface area (Å²) in [5.41, 5.74) is 8.77. The van der Waals surface area contributed by atoms with Crippen LogP contribution in [0.1, 0.15) is 11.6 Å². The second-order valence-corrected chi connectivity index (χ2v) is 1.96. The van der Waals surface area contributed by atoms with E-state index in [9.17, 15) is 0 Å². The van der Waals surface area contributed by atoms with Gasteiger partial charge >= 0.3 is 0 Å². The van der Waals surface area contributed by atoms with Crippen molar-refractivity contribution >= 4 is 0 Å². The average Bonchev–Trinajstić information content (AvgIpc) is 2.52. The zero-order valence-electron chi connectivity index (χ0n) is 5.71. The Morgan fingerprint density at radius 1 is 1.82 bits per heavy atom. The summed E-state index contributed by atoms with van der Waals surface area (Å²) in [6, 6.07) is 1.12. The lowest BCUT2D eigenvalue weighted by Crippen LogP contribution is -1.97. The van der Waals surface area contributed by atoms with Gasteiger partial charge in [0.25, 0.3) is 0 Å². The van der Waals surface area contributed by atoms with Crippen molar-refractivity contribution in [2.24, 2.45) is 5.11 Å². The molecule has 1 heterocycles. The van der Waals surface area contributed by atoms with Crippen molar-refractivity contribution in [2.45, 2.75) is 6.04 Å². The Morgan fingerprint density at radius 3 is 3.09 bits per heavy atom. The molecule has 0 aliphatic heterocycles. The van der Waals surface area contributed by atoms with Crippen molar-refractivity contribution in [3.63, 3.8) is 0 Å². The summed E-state index contributed by atoms with van der Waals surface area (Å²) >= 11 is 0. The Morgan fingerprint density at radius 2 is 2.64 bits per heavy atom. The third-order valence-electron chi connectivity index (χ3n) is 1.29. The third kappa shape index (κ3) is 1.73. The van der Waals surface area contributed by atoms with Crippen molar-refractivity contribution in [3.8, 4) is 0 Å². The maximum absolute atomic E-state index is 8.72. The first-order chi connectivity index (χ1) is 5.38. The van der Waals surface area contributed by atoms with Crippen LogP contribution >= 0.6 is 0 Å². The molecule has 0 fully saturated rings. The predicted octanol–water partition coefficient (Wildman–Crippen LogP) is 1.62. The number of hydrogen-bond donors (Lipinski definition) is 1. The molecule has 0 spiro atoms. The quantitative estimate of drug-likeness (QED) is 0.406. The largest absolute Gasteiger partial charge is 0.472 e. The number of furan rings is 1. The molecule has 1 N–H and O–H groups in total. The molecule has 0 aliphatic carbocycles. The fourth-order valence-electron chi connectivity index (χ4n) is 0.736. The van der Waals surface area contributed by atoms with Gasteiger partial charge in [-0.15, -0.1) is 0 Å². The molecule has 0 saturated heterocycles. The van der Waals surface area contributed by atoms with Crippen LogP contribution in [0.5, 0.6) is 0 Å². The van der Waals surface area contributed by atoms with Gasteiger partial charge in [-0.05, 0) is 11.6 Å². The summed E-state index contributed by atoms with van der Waals surface area (Å²) in [6.07, 6.45) is 2.90. The molecule has 5 heteroatoms. The van der Waals surface area contributed by atoms with Crippen LogP contribution in [-0.2, 0) is 0 Å².